The third-order valence-electron chi connectivity index (χ3n) is 3.48. The summed E-state index contributed by atoms with van der Waals surface area (Å²) in [6, 6.07) is 5.44. The molecule has 82 valence electrons. The Kier molecular flexibility index (Phi) is 3.19. The largest absolute Gasteiger partial charge is 0.311 e. The van der Waals surface area contributed by atoms with E-state index in [9.17, 15) is 0 Å². The second-order valence-electron chi connectivity index (χ2n) is 4.30. The zero-order valence-corrected chi connectivity index (χ0v) is 9.89. The molecule has 2 saturated heterocycles. The van der Waals surface area contributed by atoms with E-state index in [-0.39, 0.29) is 12.4 Å². The van der Waals surface area contributed by atoms with Crippen LogP contribution in [0.3, 0.4) is 0 Å². The smallest absolute Gasteiger partial charge is 0.129 e. The van der Waals surface area contributed by atoms with Gasteiger partial charge in [0.25, 0.3) is 0 Å². The first-order valence-electron chi connectivity index (χ1n) is 5.20. The van der Waals surface area contributed by atoms with Gasteiger partial charge in [-0.15, -0.1) is 12.4 Å². The Morgan fingerprint density at radius 1 is 1.33 bits per heavy atom. The monoisotopic (exact) mass is 244 g/mol. The quantitative estimate of drug-likeness (QED) is 0.769. The third kappa shape index (κ3) is 1.99. The summed E-state index contributed by atoms with van der Waals surface area (Å²) in [5.41, 5.74) is 1.34. The number of aromatic nitrogens is 1. The summed E-state index contributed by atoms with van der Waals surface area (Å²) in [5, 5.41) is 4.22. The molecule has 0 aromatic carbocycles. The van der Waals surface area contributed by atoms with E-state index in [1.165, 1.54) is 24.8 Å². The van der Waals surface area contributed by atoms with Gasteiger partial charge in [-0.05, 0) is 30.9 Å². The van der Waals surface area contributed by atoms with Gasteiger partial charge in [0.15, 0.2) is 0 Å². The molecule has 2 unspecified atom stereocenters. The van der Waals surface area contributed by atoms with Crippen LogP contribution in [0.25, 0.3) is 0 Å². The van der Waals surface area contributed by atoms with Gasteiger partial charge in [0.1, 0.15) is 5.15 Å². The molecule has 0 spiro atoms. The summed E-state index contributed by atoms with van der Waals surface area (Å²) in [4.78, 5) is 4.14. The molecule has 2 nitrogen and oxygen atoms in total. The van der Waals surface area contributed by atoms with Crippen LogP contribution in [0.15, 0.2) is 18.3 Å². The van der Waals surface area contributed by atoms with Crippen molar-refractivity contribution in [1.82, 2.24) is 10.3 Å². The van der Waals surface area contributed by atoms with Gasteiger partial charge >= 0.3 is 0 Å². The van der Waals surface area contributed by atoms with Gasteiger partial charge in [-0.2, -0.15) is 0 Å². The van der Waals surface area contributed by atoms with Gasteiger partial charge in [-0.25, -0.2) is 4.98 Å². The number of nitrogens with zero attached hydrogens (tertiary/aromatic N) is 1. The van der Waals surface area contributed by atoms with Crippen molar-refractivity contribution in [2.45, 2.75) is 37.3 Å². The van der Waals surface area contributed by atoms with Gasteiger partial charge in [0.2, 0.25) is 0 Å². The summed E-state index contributed by atoms with van der Waals surface area (Å²) in [5.74, 6) is 0.665. The summed E-state index contributed by atoms with van der Waals surface area (Å²) in [7, 11) is 0. The fourth-order valence-corrected chi connectivity index (χ4v) is 2.91. The van der Waals surface area contributed by atoms with Crippen LogP contribution >= 0.6 is 24.0 Å². The van der Waals surface area contributed by atoms with Crippen molar-refractivity contribution in [3.8, 4) is 0 Å². The lowest BCUT2D eigenvalue weighted by molar-refractivity contribution is 0.505. The Balaban J connectivity index is 0.000000853. The molecule has 1 N–H and O–H groups in total. The Labute approximate surface area is 101 Å². The molecule has 15 heavy (non-hydrogen) atoms. The average Bonchev–Trinajstić information content (AvgIpc) is 2.80. The molecule has 2 bridgehead atoms. The first-order chi connectivity index (χ1) is 6.83. The van der Waals surface area contributed by atoms with Crippen LogP contribution in [0, 0.1) is 0 Å². The molecular formula is C11H14Cl2N2. The van der Waals surface area contributed by atoms with Crippen molar-refractivity contribution in [2.75, 3.05) is 0 Å². The van der Waals surface area contributed by atoms with E-state index in [1.54, 1.807) is 0 Å². The zero-order chi connectivity index (χ0) is 9.54. The minimum atomic E-state index is 0. The third-order valence-corrected chi connectivity index (χ3v) is 3.70. The fourth-order valence-electron chi connectivity index (χ4n) is 2.80. The van der Waals surface area contributed by atoms with E-state index >= 15 is 0 Å². The number of rotatable bonds is 1. The van der Waals surface area contributed by atoms with Crippen LogP contribution in [0.4, 0.5) is 0 Å². The lowest BCUT2D eigenvalue weighted by atomic mass is 9.85. The number of pyridine rings is 1. The minimum absolute atomic E-state index is 0. The zero-order valence-electron chi connectivity index (χ0n) is 8.32. The Hall–Kier alpha value is -0.310. The molecule has 4 heteroatoms. The SMILES string of the molecule is Cl.Clc1ccc([C@@H]2CC3CCC2N3)cn1. The predicted octanol–water partition coefficient (Wildman–Crippen LogP) is 2.76. The minimum Gasteiger partial charge on any atom is -0.311 e. The maximum Gasteiger partial charge on any atom is 0.129 e. The second-order valence-corrected chi connectivity index (χ2v) is 4.69. The summed E-state index contributed by atoms with van der Waals surface area (Å²) in [6.07, 6.45) is 5.86. The number of halogens is 2. The van der Waals surface area contributed by atoms with Crippen LogP contribution in [0.1, 0.15) is 30.7 Å². The molecule has 0 aliphatic carbocycles. The number of hydrogen-bond donors (Lipinski definition) is 1. The summed E-state index contributed by atoms with van der Waals surface area (Å²) >= 11 is 5.77. The van der Waals surface area contributed by atoms with E-state index in [2.05, 4.69) is 16.4 Å². The van der Waals surface area contributed by atoms with Crippen LogP contribution in [-0.4, -0.2) is 17.1 Å². The number of nitrogens with one attached hydrogen (secondary N) is 1. The van der Waals surface area contributed by atoms with Crippen molar-refractivity contribution in [2.24, 2.45) is 0 Å². The number of hydrogen-bond acceptors (Lipinski definition) is 2. The van der Waals surface area contributed by atoms with Gasteiger partial charge in [0.05, 0.1) is 0 Å². The van der Waals surface area contributed by atoms with Gasteiger partial charge < -0.3 is 5.32 Å². The summed E-state index contributed by atoms with van der Waals surface area (Å²) < 4.78 is 0. The molecule has 2 aliphatic rings. The highest BCUT2D eigenvalue weighted by Crippen LogP contribution is 2.39. The van der Waals surface area contributed by atoms with Gasteiger partial charge in [-0.3, -0.25) is 0 Å². The molecule has 1 aromatic rings. The highest BCUT2D eigenvalue weighted by Gasteiger charge is 2.39. The predicted molar refractivity (Wildman–Crippen MR) is 63.8 cm³/mol. The van der Waals surface area contributed by atoms with Crippen LogP contribution in [0.5, 0.6) is 0 Å². The van der Waals surface area contributed by atoms with E-state index in [1.807, 2.05) is 12.3 Å². The average molecular weight is 245 g/mol. The molecule has 3 rings (SSSR count). The number of fused-ring (bicyclic) bond motifs is 2. The molecule has 3 atom stereocenters. The maximum absolute atomic E-state index is 5.77. The molecule has 2 aliphatic heterocycles. The van der Waals surface area contributed by atoms with Crippen molar-refractivity contribution in [1.29, 1.82) is 0 Å². The normalized spacial score (nSPS) is 32.7. The van der Waals surface area contributed by atoms with Crippen molar-refractivity contribution < 1.29 is 0 Å². The standard InChI is InChI=1S/C11H13ClN2.ClH/c12-11-4-1-7(6-13-11)9-5-8-2-3-10(9)14-8;/h1,4,6,8-10,14H,2-3,5H2;1H/t8?,9-,10?;/m0./s1. The van der Waals surface area contributed by atoms with E-state index in [4.69, 9.17) is 11.6 Å². The topological polar surface area (TPSA) is 24.9 Å². The van der Waals surface area contributed by atoms with Crippen molar-refractivity contribution in [3.05, 3.63) is 29.0 Å². The first kappa shape index (κ1) is 11.2. The molecule has 0 saturated carbocycles. The molecule has 0 radical (unpaired) electrons. The Morgan fingerprint density at radius 3 is 2.73 bits per heavy atom. The first-order valence-corrected chi connectivity index (χ1v) is 5.58. The highest BCUT2D eigenvalue weighted by atomic mass is 35.5. The van der Waals surface area contributed by atoms with Crippen molar-refractivity contribution in [3.63, 3.8) is 0 Å². The lowest BCUT2D eigenvalue weighted by Crippen LogP contribution is -2.21. The van der Waals surface area contributed by atoms with Crippen molar-refractivity contribution >= 4 is 24.0 Å². The summed E-state index contributed by atoms with van der Waals surface area (Å²) in [6.45, 7) is 0. The van der Waals surface area contributed by atoms with Crippen LogP contribution in [-0.2, 0) is 0 Å². The van der Waals surface area contributed by atoms with Gasteiger partial charge in [-0.1, -0.05) is 17.7 Å². The van der Waals surface area contributed by atoms with Crippen LogP contribution in [0.2, 0.25) is 5.15 Å². The molecule has 1 aromatic heterocycles. The van der Waals surface area contributed by atoms with Crippen LogP contribution < -0.4 is 5.32 Å². The second kappa shape index (κ2) is 4.28. The fraction of sp³-hybridized carbons (Fsp3) is 0.545. The van der Waals surface area contributed by atoms with E-state index < -0.39 is 0 Å². The van der Waals surface area contributed by atoms with Gasteiger partial charge in [0, 0.05) is 24.2 Å². The molecule has 0 amide bonds. The Morgan fingerprint density at radius 2 is 2.20 bits per heavy atom. The lowest BCUT2D eigenvalue weighted by Gasteiger charge is -2.19. The molecule has 2 fully saturated rings. The maximum atomic E-state index is 5.77. The highest BCUT2D eigenvalue weighted by molar-refractivity contribution is 6.29. The Bertz CT molecular complexity index is 339. The molecular weight excluding hydrogens is 231 g/mol. The van der Waals surface area contributed by atoms with E-state index in [0.717, 1.165) is 6.04 Å². The van der Waals surface area contributed by atoms with E-state index in [0.29, 0.717) is 17.1 Å². The molecule has 3 heterocycles.